The lowest BCUT2D eigenvalue weighted by molar-refractivity contribution is -0.118. The maximum Gasteiger partial charge on any atom is 0.136 e. The Morgan fingerprint density at radius 1 is 0.826 bits per heavy atom. The van der Waals surface area contributed by atoms with E-state index in [1.54, 1.807) is 11.8 Å². The fraction of sp³-hybridized carbons (Fsp3) is 0.895. The molecule has 0 unspecified atom stereocenters. The highest BCUT2D eigenvalue weighted by Crippen LogP contribution is 2.14. The molecule has 0 aromatic heterocycles. The molecular weight excluding hydrogens is 322 g/mol. The van der Waals surface area contributed by atoms with Crippen molar-refractivity contribution in [2.24, 2.45) is 0 Å². The van der Waals surface area contributed by atoms with Crippen molar-refractivity contribution in [2.45, 2.75) is 91.4 Å². The summed E-state index contributed by atoms with van der Waals surface area (Å²) >= 11 is 7.03. The Morgan fingerprint density at radius 2 is 1.35 bits per heavy atom. The van der Waals surface area contributed by atoms with E-state index in [9.17, 15) is 4.79 Å². The normalized spacial score (nSPS) is 10.7. The molecule has 0 heterocycles. The van der Waals surface area contributed by atoms with Gasteiger partial charge in [0.1, 0.15) is 10.1 Å². The number of nitrogens with zero attached hydrogens (tertiary/aromatic N) is 1. The summed E-state index contributed by atoms with van der Waals surface area (Å²) in [6.07, 6.45) is 13.2. The standard InChI is InChI=1S/C19H37NOS2/c1-4-7-8-9-10-11-12-13-14-15-18(21)16-17-23-19(22)20(5-2)6-3/h4-17H2,1-3H3. The summed E-state index contributed by atoms with van der Waals surface area (Å²) in [5.74, 6) is 1.24. The Hall–Kier alpha value is -0.0900. The van der Waals surface area contributed by atoms with Crippen molar-refractivity contribution in [1.29, 1.82) is 0 Å². The van der Waals surface area contributed by atoms with Gasteiger partial charge in [0.25, 0.3) is 0 Å². The average Bonchev–Trinajstić information content (AvgIpc) is 2.54. The van der Waals surface area contributed by atoms with E-state index >= 15 is 0 Å². The lowest BCUT2D eigenvalue weighted by Crippen LogP contribution is -2.26. The molecule has 136 valence electrons. The predicted molar refractivity (Wildman–Crippen MR) is 109 cm³/mol. The third-order valence-corrected chi connectivity index (χ3v) is 5.71. The van der Waals surface area contributed by atoms with Gasteiger partial charge in [0.2, 0.25) is 0 Å². The zero-order valence-corrected chi connectivity index (χ0v) is 17.2. The second kappa shape index (κ2) is 16.8. The van der Waals surface area contributed by atoms with Crippen LogP contribution in [0.25, 0.3) is 0 Å². The number of carbonyl (C=O) groups excluding carboxylic acids is 1. The molecule has 4 heteroatoms. The summed E-state index contributed by atoms with van der Waals surface area (Å²) in [4.78, 5) is 14.0. The van der Waals surface area contributed by atoms with Gasteiger partial charge in [-0.1, -0.05) is 82.3 Å². The first-order chi connectivity index (χ1) is 11.2. The number of thioether (sulfide) groups is 1. The summed E-state index contributed by atoms with van der Waals surface area (Å²) < 4.78 is 0.936. The van der Waals surface area contributed by atoms with Crippen LogP contribution in [0.1, 0.15) is 91.4 Å². The Morgan fingerprint density at radius 3 is 1.87 bits per heavy atom. The molecule has 0 saturated heterocycles. The summed E-state index contributed by atoms with van der Waals surface area (Å²) in [7, 11) is 0. The van der Waals surface area contributed by atoms with Crippen LogP contribution in [0.2, 0.25) is 0 Å². The minimum Gasteiger partial charge on any atom is -0.358 e. The maximum absolute atomic E-state index is 11.9. The summed E-state index contributed by atoms with van der Waals surface area (Å²) in [6.45, 7) is 8.40. The number of thiocarbonyl (C=S) groups is 1. The molecular formula is C19H37NOS2. The van der Waals surface area contributed by atoms with Gasteiger partial charge >= 0.3 is 0 Å². The quantitative estimate of drug-likeness (QED) is 0.255. The first kappa shape index (κ1) is 22.9. The molecule has 0 aliphatic heterocycles. The van der Waals surface area contributed by atoms with Crippen molar-refractivity contribution >= 4 is 34.1 Å². The van der Waals surface area contributed by atoms with E-state index < -0.39 is 0 Å². The molecule has 0 radical (unpaired) electrons. The first-order valence-electron chi connectivity index (χ1n) is 9.59. The fourth-order valence-electron chi connectivity index (χ4n) is 2.58. The number of unbranched alkanes of at least 4 members (excludes halogenated alkanes) is 8. The number of Topliss-reactive ketones (excluding diaryl/α,β-unsaturated/α-hetero) is 1. The van der Waals surface area contributed by atoms with Crippen LogP contribution < -0.4 is 0 Å². The number of ketones is 1. The van der Waals surface area contributed by atoms with Crippen molar-refractivity contribution < 1.29 is 4.79 Å². The van der Waals surface area contributed by atoms with Gasteiger partial charge in [0.15, 0.2) is 0 Å². The third kappa shape index (κ3) is 14.0. The fourth-order valence-corrected chi connectivity index (χ4v) is 4.04. The largest absolute Gasteiger partial charge is 0.358 e. The van der Waals surface area contributed by atoms with E-state index in [1.807, 2.05) is 0 Å². The monoisotopic (exact) mass is 359 g/mol. The van der Waals surface area contributed by atoms with Crippen LogP contribution >= 0.6 is 24.0 Å². The molecule has 2 nitrogen and oxygen atoms in total. The van der Waals surface area contributed by atoms with E-state index in [-0.39, 0.29) is 0 Å². The van der Waals surface area contributed by atoms with Gasteiger partial charge in [0, 0.05) is 31.7 Å². The van der Waals surface area contributed by atoms with Crippen LogP contribution in [-0.4, -0.2) is 33.8 Å². The molecule has 23 heavy (non-hydrogen) atoms. The van der Waals surface area contributed by atoms with E-state index in [4.69, 9.17) is 12.2 Å². The smallest absolute Gasteiger partial charge is 0.136 e. The summed E-state index contributed by atoms with van der Waals surface area (Å²) in [5, 5.41) is 0. The van der Waals surface area contributed by atoms with Crippen molar-refractivity contribution in [3.8, 4) is 0 Å². The SMILES string of the molecule is CCCCCCCCCCCC(=O)CCSC(=S)N(CC)CC. The van der Waals surface area contributed by atoms with Crippen molar-refractivity contribution in [2.75, 3.05) is 18.8 Å². The second-order valence-electron chi connectivity index (χ2n) is 6.15. The predicted octanol–water partition coefficient (Wildman–Crippen LogP) is 6.23. The van der Waals surface area contributed by atoms with E-state index in [0.29, 0.717) is 12.2 Å². The maximum atomic E-state index is 11.9. The van der Waals surface area contributed by atoms with Gasteiger partial charge < -0.3 is 4.90 Å². The van der Waals surface area contributed by atoms with E-state index in [2.05, 4.69) is 25.7 Å². The molecule has 0 N–H and O–H groups in total. The highest BCUT2D eigenvalue weighted by atomic mass is 32.2. The highest BCUT2D eigenvalue weighted by Gasteiger charge is 2.07. The third-order valence-electron chi connectivity index (χ3n) is 4.19. The van der Waals surface area contributed by atoms with Crippen molar-refractivity contribution in [3.05, 3.63) is 0 Å². The molecule has 0 rings (SSSR count). The molecule has 0 spiro atoms. The summed E-state index contributed by atoms with van der Waals surface area (Å²) in [6, 6.07) is 0. The highest BCUT2D eigenvalue weighted by molar-refractivity contribution is 8.22. The first-order valence-corrected chi connectivity index (χ1v) is 11.0. The number of carbonyl (C=O) groups is 1. The van der Waals surface area contributed by atoms with Crippen LogP contribution in [0.4, 0.5) is 0 Å². The zero-order chi connectivity index (χ0) is 17.3. The number of rotatable bonds is 15. The molecule has 0 bridgehead atoms. The van der Waals surface area contributed by atoms with Gasteiger partial charge in [-0.05, 0) is 20.3 Å². The van der Waals surface area contributed by atoms with Crippen LogP contribution in [0.5, 0.6) is 0 Å². The minimum atomic E-state index is 0.405. The Bertz CT molecular complexity index is 304. The van der Waals surface area contributed by atoms with Gasteiger partial charge in [-0.3, -0.25) is 4.79 Å². The lowest BCUT2D eigenvalue weighted by atomic mass is 10.1. The molecule has 0 atom stereocenters. The van der Waals surface area contributed by atoms with Gasteiger partial charge in [-0.2, -0.15) is 0 Å². The van der Waals surface area contributed by atoms with Crippen LogP contribution in [0.3, 0.4) is 0 Å². The molecule has 0 fully saturated rings. The Kier molecular flexibility index (Phi) is 16.7. The zero-order valence-electron chi connectivity index (χ0n) is 15.6. The Labute approximate surface area is 154 Å². The van der Waals surface area contributed by atoms with Crippen LogP contribution in [-0.2, 0) is 4.79 Å². The van der Waals surface area contributed by atoms with Gasteiger partial charge in [0.05, 0.1) is 0 Å². The lowest BCUT2D eigenvalue weighted by Gasteiger charge is -2.20. The van der Waals surface area contributed by atoms with E-state index in [0.717, 1.165) is 36.0 Å². The number of hydrogen-bond donors (Lipinski definition) is 0. The molecule has 0 aromatic carbocycles. The van der Waals surface area contributed by atoms with Crippen molar-refractivity contribution in [3.63, 3.8) is 0 Å². The Balaban J connectivity index is 3.42. The molecule has 0 aromatic rings. The summed E-state index contributed by atoms with van der Waals surface area (Å²) in [5.41, 5.74) is 0. The van der Waals surface area contributed by atoms with Gasteiger partial charge in [-0.25, -0.2) is 0 Å². The molecule has 0 amide bonds. The number of hydrogen-bond acceptors (Lipinski definition) is 3. The molecule has 0 saturated carbocycles. The van der Waals surface area contributed by atoms with Crippen LogP contribution in [0, 0.1) is 0 Å². The van der Waals surface area contributed by atoms with Gasteiger partial charge in [-0.15, -0.1) is 0 Å². The minimum absolute atomic E-state index is 0.405. The molecule has 0 aliphatic rings. The second-order valence-corrected chi connectivity index (χ2v) is 7.88. The average molecular weight is 360 g/mol. The van der Waals surface area contributed by atoms with Crippen molar-refractivity contribution in [1.82, 2.24) is 4.90 Å². The topological polar surface area (TPSA) is 20.3 Å². The van der Waals surface area contributed by atoms with E-state index in [1.165, 1.54) is 51.4 Å². The van der Waals surface area contributed by atoms with Crippen LogP contribution in [0.15, 0.2) is 0 Å². The molecule has 0 aliphatic carbocycles.